The summed E-state index contributed by atoms with van der Waals surface area (Å²) in [5, 5.41) is 5.13. The maximum atomic E-state index is 12.9. The van der Waals surface area contributed by atoms with Gasteiger partial charge in [-0.15, -0.1) is 0 Å². The van der Waals surface area contributed by atoms with Gasteiger partial charge in [-0.3, -0.25) is 9.59 Å². The molecular formula is C24H28N2O4. The molecule has 3 aromatic rings. The minimum absolute atomic E-state index is 0.116. The lowest BCUT2D eigenvalue weighted by atomic mass is 10.0. The Morgan fingerprint density at radius 3 is 2.57 bits per heavy atom. The number of methoxy groups -OCH3 is 2. The second-order valence-electron chi connectivity index (χ2n) is 7.46. The van der Waals surface area contributed by atoms with E-state index in [9.17, 15) is 9.59 Å². The average molecular weight is 408 g/mol. The summed E-state index contributed by atoms with van der Waals surface area (Å²) in [5.74, 6) is -0.414. The number of nitrogens with zero attached hydrogens (tertiary/aromatic N) is 1. The van der Waals surface area contributed by atoms with Crippen molar-refractivity contribution in [1.82, 2.24) is 9.88 Å². The van der Waals surface area contributed by atoms with Crippen molar-refractivity contribution in [2.75, 3.05) is 20.8 Å². The number of carbonyl (C=O) groups is 1. The molecule has 0 saturated heterocycles. The third-order valence-electron chi connectivity index (χ3n) is 5.14. The van der Waals surface area contributed by atoms with E-state index in [2.05, 4.69) is 29.6 Å². The molecule has 0 aliphatic heterocycles. The van der Waals surface area contributed by atoms with Crippen molar-refractivity contribution in [3.8, 4) is 0 Å². The molecule has 3 rings (SSSR count). The topological polar surface area (TPSA) is 69.6 Å². The van der Waals surface area contributed by atoms with Gasteiger partial charge in [-0.1, -0.05) is 42.5 Å². The van der Waals surface area contributed by atoms with E-state index in [0.29, 0.717) is 18.8 Å². The maximum absolute atomic E-state index is 12.9. The maximum Gasteiger partial charge on any atom is 0.257 e. The number of aryl methyl sites for hydroxylation is 1. The summed E-state index contributed by atoms with van der Waals surface area (Å²) < 4.78 is 12.5. The third-order valence-corrected chi connectivity index (χ3v) is 5.14. The number of carbonyl (C=O) groups excluding carboxylic acids is 1. The fourth-order valence-corrected chi connectivity index (χ4v) is 3.77. The van der Waals surface area contributed by atoms with E-state index in [1.54, 1.807) is 14.2 Å². The largest absolute Gasteiger partial charge is 0.383 e. The fraction of sp³-hybridized carbons (Fsp3) is 0.333. The van der Waals surface area contributed by atoms with Crippen LogP contribution in [0.3, 0.4) is 0 Å². The van der Waals surface area contributed by atoms with Gasteiger partial charge in [0.1, 0.15) is 5.56 Å². The summed E-state index contributed by atoms with van der Waals surface area (Å²) in [6.45, 7) is 4.76. The van der Waals surface area contributed by atoms with Crippen molar-refractivity contribution < 1.29 is 14.3 Å². The average Bonchev–Trinajstić information content (AvgIpc) is 2.71. The van der Waals surface area contributed by atoms with Crippen LogP contribution in [0.2, 0.25) is 0 Å². The Kier molecular flexibility index (Phi) is 7.03. The Labute approximate surface area is 176 Å². The summed E-state index contributed by atoms with van der Waals surface area (Å²) in [5.41, 5.74) is 2.26. The van der Waals surface area contributed by atoms with Gasteiger partial charge in [-0.25, -0.2) is 0 Å². The van der Waals surface area contributed by atoms with E-state index in [0.717, 1.165) is 22.0 Å². The third kappa shape index (κ3) is 4.61. The van der Waals surface area contributed by atoms with Crippen molar-refractivity contribution in [2.24, 2.45) is 0 Å². The molecule has 0 unspecified atom stereocenters. The van der Waals surface area contributed by atoms with Crippen LogP contribution in [0.15, 0.2) is 53.3 Å². The molecule has 1 heterocycles. The Hall–Kier alpha value is -2.96. The van der Waals surface area contributed by atoms with Crippen LogP contribution in [0.1, 0.15) is 34.2 Å². The molecule has 0 radical (unpaired) electrons. The Bertz CT molecular complexity index is 1100. The van der Waals surface area contributed by atoms with Crippen LogP contribution < -0.4 is 10.7 Å². The molecule has 1 N–H and O–H groups in total. The van der Waals surface area contributed by atoms with Crippen LogP contribution in [0.5, 0.6) is 0 Å². The lowest BCUT2D eigenvalue weighted by Crippen LogP contribution is -2.39. The van der Waals surface area contributed by atoms with Gasteiger partial charge in [0.05, 0.1) is 18.9 Å². The zero-order chi connectivity index (χ0) is 21.7. The quantitative estimate of drug-likeness (QED) is 0.621. The number of fused-ring (bicyclic) bond motifs is 1. The Morgan fingerprint density at radius 1 is 1.10 bits per heavy atom. The zero-order valence-corrected chi connectivity index (χ0v) is 17.9. The van der Waals surface area contributed by atoms with Crippen molar-refractivity contribution in [1.29, 1.82) is 0 Å². The van der Waals surface area contributed by atoms with E-state index >= 15 is 0 Å². The first-order valence-electron chi connectivity index (χ1n) is 9.95. The van der Waals surface area contributed by atoms with Gasteiger partial charge in [0, 0.05) is 38.6 Å². The van der Waals surface area contributed by atoms with Crippen LogP contribution in [-0.4, -0.2) is 37.3 Å². The van der Waals surface area contributed by atoms with E-state index in [1.807, 2.05) is 36.6 Å². The highest BCUT2D eigenvalue weighted by Gasteiger charge is 2.22. The van der Waals surface area contributed by atoms with Crippen LogP contribution in [0.4, 0.5) is 0 Å². The molecule has 6 nitrogen and oxygen atoms in total. The molecule has 2 aromatic carbocycles. The molecular weight excluding hydrogens is 380 g/mol. The second kappa shape index (κ2) is 9.69. The monoisotopic (exact) mass is 408 g/mol. The van der Waals surface area contributed by atoms with Gasteiger partial charge in [0.2, 0.25) is 0 Å². The Balaban J connectivity index is 2.10. The zero-order valence-electron chi connectivity index (χ0n) is 17.9. The SMILES string of the molecule is COCc1c(C(=O)N[C@H](C)COC)c(=O)cc(C)n1Cc1cccc2ccccc12. The normalized spacial score (nSPS) is 12.1. The molecule has 1 amide bonds. The van der Waals surface area contributed by atoms with Crippen molar-refractivity contribution in [2.45, 2.75) is 33.0 Å². The molecule has 0 bridgehead atoms. The summed E-state index contributed by atoms with van der Waals surface area (Å²) in [6.07, 6.45) is 0. The predicted molar refractivity (Wildman–Crippen MR) is 118 cm³/mol. The molecule has 1 atom stereocenters. The fourth-order valence-electron chi connectivity index (χ4n) is 3.77. The molecule has 6 heteroatoms. The van der Waals surface area contributed by atoms with E-state index in [-0.39, 0.29) is 23.6 Å². The van der Waals surface area contributed by atoms with Crippen LogP contribution >= 0.6 is 0 Å². The molecule has 0 fully saturated rings. The summed E-state index contributed by atoms with van der Waals surface area (Å²) in [4.78, 5) is 25.7. The lowest BCUT2D eigenvalue weighted by Gasteiger charge is -2.21. The molecule has 1 aromatic heterocycles. The first-order chi connectivity index (χ1) is 14.5. The van der Waals surface area contributed by atoms with E-state index in [4.69, 9.17) is 9.47 Å². The smallest absolute Gasteiger partial charge is 0.257 e. The highest BCUT2D eigenvalue weighted by atomic mass is 16.5. The standard InChI is InChI=1S/C24H28N2O4/c1-16(14-29-3)25-24(28)23-21(15-30-4)26(17(2)12-22(23)27)13-19-10-7-9-18-8-5-6-11-20(18)19/h5-12,16H,13-15H2,1-4H3,(H,25,28)/t16-/m1/s1. The van der Waals surface area contributed by atoms with Gasteiger partial charge < -0.3 is 19.4 Å². The number of aromatic nitrogens is 1. The highest BCUT2D eigenvalue weighted by Crippen LogP contribution is 2.21. The summed E-state index contributed by atoms with van der Waals surface area (Å²) in [6, 6.07) is 15.6. The lowest BCUT2D eigenvalue weighted by molar-refractivity contribution is 0.0897. The van der Waals surface area contributed by atoms with Crippen molar-refractivity contribution >= 4 is 16.7 Å². The molecule has 0 aliphatic rings. The number of hydrogen-bond donors (Lipinski definition) is 1. The van der Waals surface area contributed by atoms with Gasteiger partial charge >= 0.3 is 0 Å². The molecule has 158 valence electrons. The Morgan fingerprint density at radius 2 is 1.83 bits per heavy atom. The number of pyridine rings is 1. The second-order valence-corrected chi connectivity index (χ2v) is 7.46. The van der Waals surface area contributed by atoms with E-state index < -0.39 is 5.91 Å². The van der Waals surface area contributed by atoms with Crippen molar-refractivity contribution in [3.05, 3.63) is 81.3 Å². The first-order valence-corrected chi connectivity index (χ1v) is 9.95. The van der Waals surface area contributed by atoms with Gasteiger partial charge in [0.25, 0.3) is 5.91 Å². The number of rotatable bonds is 8. The first kappa shape index (κ1) is 21.7. The van der Waals surface area contributed by atoms with Crippen molar-refractivity contribution in [3.63, 3.8) is 0 Å². The molecule has 30 heavy (non-hydrogen) atoms. The number of ether oxygens (including phenoxy) is 2. The number of amides is 1. The van der Waals surface area contributed by atoms with Crippen LogP contribution in [-0.2, 0) is 22.6 Å². The number of hydrogen-bond acceptors (Lipinski definition) is 4. The predicted octanol–water partition coefficient (Wildman–Crippen LogP) is 3.27. The molecule has 0 spiro atoms. The summed E-state index contributed by atoms with van der Waals surface area (Å²) in [7, 11) is 3.13. The minimum Gasteiger partial charge on any atom is -0.383 e. The molecule has 0 aliphatic carbocycles. The van der Waals surface area contributed by atoms with Gasteiger partial charge in [-0.05, 0) is 30.2 Å². The summed E-state index contributed by atoms with van der Waals surface area (Å²) >= 11 is 0. The number of nitrogens with one attached hydrogen (secondary N) is 1. The van der Waals surface area contributed by atoms with Gasteiger partial charge in [-0.2, -0.15) is 0 Å². The van der Waals surface area contributed by atoms with E-state index in [1.165, 1.54) is 6.07 Å². The van der Waals surface area contributed by atoms with Gasteiger partial charge in [0.15, 0.2) is 5.43 Å². The highest BCUT2D eigenvalue weighted by molar-refractivity contribution is 5.95. The minimum atomic E-state index is -0.414. The number of benzene rings is 2. The van der Waals surface area contributed by atoms with Crippen LogP contribution in [0, 0.1) is 6.92 Å². The molecule has 0 saturated carbocycles. The van der Waals surface area contributed by atoms with Crippen LogP contribution in [0.25, 0.3) is 10.8 Å².